The number of ether oxygens (including phenoxy) is 1. The van der Waals surface area contributed by atoms with Crippen LogP contribution >= 0.6 is 0 Å². The van der Waals surface area contributed by atoms with Crippen LogP contribution in [0.4, 0.5) is 0 Å². The topological polar surface area (TPSA) is 26.3 Å². The van der Waals surface area contributed by atoms with Crippen molar-refractivity contribution in [1.82, 2.24) is 0 Å². The van der Waals surface area contributed by atoms with Crippen LogP contribution in [-0.2, 0) is 9.53 Å². The smallest absolute Gasteiger partial charge is 0.309 e. The van der Waals surface area contributed by atoms with Crippen LogP contribution in [0.1, 0.15) is 19.3 Å². The standard InChI is InChI=1S/C8H10O2/c9-8-6-2-4-1-5(6)7(3-4)10-8/h4-7H,1-3H2/t4-,5?,6?,7-/m1/s1. The van der Waals surface area contributed by atoms with Gasteiger partial charge in [0.15, 0.2) is 0 Å². The van der Waals surface area contributed by atoms with Crippen LogP contribution in [0.25, 0.3) is 0 Å². The first-order valence-electron chi connectivity index (χ1n) is 4.05. The van der Waals surface area contributed by atoms with Gasteiger partial charge in [-0.1, -0.05) is 0 Å². The van der Waals surface area contributed by atoms with Gasteiger partial charge in [-0.3, -0.25) is 4.79 Å². The first-order chi connectivity index (χ1) is 4.84. The molecule has 1 heterocycles. The van der Waals surface area contributed by atoms with Crippen LogP contribution in [0.5, 0.6) is 0 Å². The highest BCUT2D eigenvalue weighted by Gasteiger charge is 2.56. The van der Waals surface area contributed by atoms with E-state index >= 15 is 0 Å². The maximum absolute atomic E-state index is 11.1. The van der Waals surface area contributed by atoms with Gasteiger partial charge in [0, 0.05) is 5.92 Å². The molecule has 2 nitrogen and oxygen atoms in total. The monoisotopic (exact) mass is 138 g/mol. The summed E-state index contributed by atoms with van der Waals surface area (Å²) in [7, 11) is 0. The van der Waals surface area contributed by atoms with Gasteiger partial charge in [-0.15, -0.1) is 0 Å². The lowest BCUT2D eigenvalue weighted by Crippen LogP contribution is -2.15. The Morgan fingerprint density at radius 1 is 1.30 bits per heavy atom. The number of carbonyl (C=O) groups excluding carboxylic acids is 1. The van der Waals surface area contributed by atoms with Crippen molar-refractivity contribution in [2.75, 3.05) is 0 Å². The highest BCUT2D eigenvalue weighted by molar-refractivity contribution is 5.76. The van der Waals surface area contributed by atoms with Crippen molar-refractivity contribution >= 4 is 5.97 Å². The fourth-order valence-electron chi connectivity index (χ4n) is 2.93. The van der Waals surface area contributed by atoms with Gasteiger partial charge in [-0.05, 0) is 25.2 Å². The molecule has 3 rings (SSSR count). The Balaban J connectivity index is 2.05. The highest BCUT2D eigenvalue weighted by Crippen LogP contribution is 2.54. The predicted molar refractivity (Wildman–Crippen MR) is 34.2 cm³/mol. The second-order valence-electron chi connectivity index (χ2n) is 3.82. The van der Waals surface area contributed by atoms with E-state index in [9.17, 15) is 4.79 Å². The van der Waals surface area contributed by atoms with Crippen LogP contribution in [0, 0.1) is 17.8 Å². The maximum Gasteiger partial charge on any atom is 0.309 e. The first-order valence-corrected chi connectivity index (χ1v) is 4.05. The molecule has 3 aliphatic rings. The van der Waals surface area contributed by atoms with Gasteiger partial charge in [0.1, 0.15) is 6.10 Å². The molecule has 0 radical (unpaired) electrons. The summed E-state index contributed by atoms with van der Waals surface area (Å²) >= 11 is 0. The molecule has 2 unspecified atom stereocenters. The van der Waals surface area contributed by atoms with E-state index in [0.717, 1.165) is 18.8 Å². The van der Waals surface area contributed by atoms with E-state index in [4.69, 9.17) is 4.74 Å². The summed E-state index contributed by atoms with van der Waals surface area (Å²) in [5.41, 5.74) is 0. The van der Waals surface area contributed by atoms with Crippen molar-refractivity contribution in [3.05, 3.63) is 0 Å². The predicted octanol–water partition coefficient (Wildman–Crippen LogP) is 0.958. The highest BCUT2D eigenvalue weighted by atomic mass is 16.6. The summed E-state index contributed by atoms with van der Waals surface area (Å²) in [5.74, 6) is 1.85. The number of hydrogen-bond donors (Lipinski definition) is 0. The Kier molecular flexibility index (Phi) is 0.715. The van der Waals surface area contributed by atoms with Crippen molar-refractivity contribution in [3.63, 3.8) is 0 Å². The third kappa shape index (κ3) is 0.414. The zero-order valence-corrected chi connectivity index (χ0v) is 5.75. The summed E-state index contributed by atoms with van der Waals surface area (Å²) in [4.78, 5) is 11.1. The van der Waals surface area contributed by atoms with Crippen molar-refractivity contribution < 1.29 is 9.53 Å². The SMILES string of the molecule is O=C1O[C@@H]2C[C@H]3CC1C2C3. The van der Waals surface area contributed by atoms with E-state index in [1.807, 2.05) is 0 Å². The molecule has 2 saturated carbocycles. The number of fused-ring (bicyclic) bond motifs is 1. The second kappa shape index (κ2) is 1.39. The summed E-state index contributed by atoms with van der Waals surface area (Å²) < 4.78 is 5.20. The Labute approximate surface area is 59.6 Å². The summed E-state index contributed by atoms with van der Waals surface area (Å²) in [5, 5.41) is 0. The van der Waals surface area contributed by atoms with Gasteiger partial charge >= 0.3 is 5.97 Å². The molecule has 0 amide bonds. The Bertz CT molecular complexity index is 197. The lowest BCUT2D eigenvalue weighted by Gasteiger charge is -2.11. The van der Waals surface area contributed by atoms with Gasteiger partial charge < -0.3 is 4.74 Å². The first kappa shape index (κ1) is 5.16. The van der Waals surface area contributed by atoms with Gasteiger partial charge in [0.2, 0.25) is 0 Å². The van der Waals surface area contributed by atoms with Crippen LogP contribution in [0.15, 0.2) is 0 Å². The average molecular weight is 138 g/mol. The van der Waals surface area contributed by atoms with E-state index in [2.05, 4.69) is 0 Å². The molecule has 54 valence electrons. The van der Waals surface area contributed by atoms with Gasteiger partial charge in [-0.25, -0.2) is 0 Å². The average Bonchev–Trinajstić information content (AvgIpc) is 2.44. The minimum Gasteiger partial charge on any atom is -0.462 e. The van der Waals surface area contributed by atoms with Crippen molar-refractivity contribution in [2.24, 2.45) is 17.8 Å². The normalized spacial score (nSPS) is 55.8. The van der Waals surface area contributed by atoms with E-state index in [1.165, 1.54) is 6.42 Å². The lowest BCUT2D eigenvalue weighted by molar-refractivity contribution is -0.143. The van der Waals surface area contributed by atoms with E-state index in [0.29, 0.717) is 17.9 Å². The van der Waals surface area contributed by atoms with Gasteiger partial charge in [0.25, 0.3) is 0 Å². The molecule has 2 aliphatic carbocycles. The van der Waals surface area contributed by atoms with E-state index < -0.39 is 0 Å². The summed E-state index contributed by atoms with van der Waals surface area (Å²) in [6.45, 7) is 0. The van der Waals surface area contributed by atoms with Crippen LogP contribution in [0.2, 0.25) is 0 Å². The van der Waals surface area contributed by atoms with E-state index in [-0.39, 0.29) is 5.97 Å². The zero-order valence-electron chi connectivity index (χ0n) is 5.75. The number of esters is 1. The number of hydrogen-bond acceptors (Lipinski definition) is 2. The largest absolute Gasteiger partial charge is 0.462 e. The quantitative estimate of drug-likeness (QED) is 0.466. The molecule has 0 N–H and O–H groups in total. The van der Waals surface area contributed by atoms with Crippen LogP contribution in [0.3, 0.4) is 0 Å². The fourth-order valence-corrected chi connectivity index (χ4v) is 2.93. The summed E-state index contributed by atoms with van der Waals surface area (Å²) in [6.07, 6.45) is 3.88. The van der Waals surface area contributed by atoms with Crippen molar-refractivity contribution in [2.45, 2.75) is 25.4 Å². The van der Waals surface area contributed by atoms with E-state index in [1.54, 1.807) is 0 Å². The lowest BCUT2D eigenvalue weighted by atomic mass is 9.90. The van der Waals surface area contributed by atoms with Gasteiger partial charge in [-0.2, -0.15) is 0 Å². The second-order valence-corrected chi connectivity index (χ2v) is 3.82. The molecule has 4 atom stereocenters. The Morgan fingerprint density at radius 2 is 2.20 bits per heavy atom. The minimum absolute atomic E-state index is 0.0926. The molecule has 0 aromatic rings. The van der Waals surface area contributed by atoms with Gasteiger partial charge in [0.05, 0.1) is 5.92 Å². The number of carbonyl (C=O) groups is 1. The molecular weight excluding hydrogens is 128 g/mol. The third-order valence-corrected chi connectivity index (χ3v) is 3.32. The molecule has 2 bridgehead atoms. The van der Waals surface area contributed by atoms with Crippen molar-refractivity contribution in [1.29, 1.82) is 0 Å². The molecule has 2 heteroatoms. The molecule has 1 aliphatic heterocycles. The minimum atomic E-state index is 0.0926. The molecule has 0 aromatic heterocycles. The molecule has 0 aromatic carbocycles. The third-order valence-electron chi connectivity index (χ3n) is 3.32. The molecule has 0 spiro atoms. The van der Waals surface area contributed by atoms with Crippen molar-refractivity contribution in [3.8, 4) is 0 Å². The zero-order chi connectivity index (χ0) is 6.72. The number of rotatable bonds is 0. The molecular formula is C8H10O2. The Hall–Kier alpha value is -0.530. The fraction of sp³-hybridized carbons (Fsp3) is 0.875. The molecule has 10 heavy (non-hydrogen) atoms. The van der Waals surface area contributed by atoms with Crippen LogP contribution < -0.4 is 0 Å². The maximum atomic E-state index is 11.1. The molecule has 3 fully saturated rings. The van der Waals surface area contributed by atoms with Crippen LogP contribution in [-0.4, -0.2) is 12.1 Å². The Morgan fingerprint density at radius 3 is 2.80 bits per heavy atom. The molecule has 1 saturated heterocycles. The summed E-state index contributed by atoms with van der Waals surface area (Å²) in [6, 6.07) is 0.